The highest BCUT2D eigenvalue weighted by atomic mass is 127. The Labute approximate surface area is 244 Å². The first-order valence-electron chi connectivity index (χ1n) is 6.96. The molecule has 2 rings (SSSR count). The number of thioether (sulfide) groups is 2. The van der Waals surface area contributed by atoms with Gasteiger partial charge < -0.3 is 0 Å². The molecule has 2 unspecified atom stereocenters. The fourth-order valence-corrected chi connectivity index (χ4v) is 9.81. The molecule has 0 saturated heterocycles. The van der Waals surface area contributed by atoms with Crippen LogP contribution < -0.4 is 0 Å². The minimum atomic E-state index is 0.577. The lowest BCUT2D eigenvalue weighted by atomic mass is 10.4. The van der Waals surface area contributed by atoms with Crippen molar-refractivity contribution in [2.45, 2.75) is 39.9 Å². The van der Waals surface area contributed by atoms with E-state index in [4.69, 9.17) is 0 Å². The maximum absolute atomic E-state index is 2.49. The second-order valence-electron chi connectivity index (χ2n) is 4.80. The van der Waals surface area contributed by atoms with E-state index in [-0.39, 0.29) is 0 Å². The molecular formula is C16H12I6S3. The number of hydrogen-bond donors (Lipinski definition) is 0. The van der Waals surface area contributed by atoms with Crippen LogP contribution in [-0.4, -0.2) is 6.51 Å². The average molecular weight is 1060 g/mol. The molecule has 0 fully saturated rings. The third-order valence-corrected chi connectivity index (χ3v) is 15.3. The summed E-state index contributed by atoms with van der Waals surface area (Å²) in [5, 5.41) is 0. The maximum atomic E-state index is 2.49. The van der Waals surface area contributed by atoms with Gasteiger partial charge in [-0.3, -0.25) is 0 Å². The summed E-state index contributed by atoms with van der Waals surface area (Å²) in [6.07, 6.45) is 0. The van der Waals surface area contributed by atoms with Gasteiger partial charge in [0, 0.05) is 33.9 Å². The summed E-state index contributed by atoms with van der Waals surface area (Å²) in [6, 6.07) is 9.08. The van der Waals surface area contributed by atoms with Gasteiger partial charge in [0.25, 0.3) is 0 Å². The van der Waals surface area contributed by atoms with Crippen LogP contribution in [0, 0.1) is 14.3 Å². The highest BCUT2D eigenvalue weighted by Crippen LogP contribution is 2.43. The number of benzene rings is 2. The van der Waals surface area contributed by atoms with E-state index in [1.54, 1.807) is 0 Å². The van der Waals surface area contributed by atoms with Crippen molar-refractivity contribution in [1.29, 1.82) is 0 Å². The molecule has 0 nitrogen and oxygen atoms in total. The quantitative estimate of drug-likeness (QED) is 0.161. The molecule has 0 heterocycles. The van der Waals surface area contributed by atoms with E-state index < -0.39 is 0 Å². The van der Waals surface area contributed by atoms with Gasteiger partial charge in [-0.1, -0.05) is 56.9 Å². The van der Waals surface area contributed by atoms with Crippen LogP contribution in [0.5, 0.6) is 0 Å². The standard InChI is InChI=1S/C16H12I6S3/c1-7(17)23-9-3-5-11(15(21)13(9)19)25-12-6-4-10(24-8(2)18)14(20)16(12)22/h3-8H,1-2H3. The monoisotopic (exact) mass is 1060 g/mol. The molecule has 0 aliphatic rings. The lowest BCUT2D eigenvalue weighted by Crippen LogP contribution is -1.93. The van der Waals surface area contributed by atoms with Crippen LogP contribution in [0.4, 0.5) is 0 Å². The van der Waals surface area contributed by atoms with Crippen LogP contribution in [0.2, 0.25) is 0 Å². The smallest absolute Gasteiger partial charge is 0.0583 e. The molecule has 0 spiro atoms. The molecule has 0 bridgehead atoms. The van der Waals surface area contributed by atoms with Gasteiger partial charge in [-0.05, 0) is 128 Å². The van der Waals surface area contributed by atoms with E-state index >= 15 is 0 Å². The molecule has 0 N–H and O–H groups in total. The Morgan fingerprint density at radius 3 is 1.20 bits per heavy atom. The molecule has 2 aromatic carbocycles. The highest BCUT2D eigenvalue weighted by Gasteiger charge is 2.16. The first kappa shape index (κ1) is 25.1. The second kappa shape index (κ2) is 12.0. The molecule has 9 heteroatoms. The fourth-order valence-electron chi connectivity index (χ4n) is 1.84. The lowest BCUT2D eigenvalue weighted by molar-refractivity contribution is 1.22. The second-order valence-corrected chi connectivity index (χ2v) is 18.4. The average Bonchev–Trinajstić information content (AvgIpc) is 2.53. The Bertz CT molecular complexity index is 701. The van der Waals surface area contributed by atoms with Crippen molar-refractivity contribution in [3.8, 4) is 0 Å². The number of rotatable bonds is 6. The summed E-state index contributed by atoms with van der Waals surface area (Å²) in [5.41, 5.74) is 0. The van der Waals surface area contributed by atoms with Crippen molar-refractivity contribution < 1.29 is 0 Å². The van der Waals surface area contributed by atoms with Crippen LogP contribution in [0.15, 0.2) is 43.8 Å². The van der Waals surface area contributed by atoms with E-state index in [0.29, 0.717) is 6.51 Å². The zero-order valence-corrected chi connectivity index (χ0v) is 28.4. The van der Waals surface area contributed by atoms with E-state index in [9.17, 15) is 0 Å². The van der Waals surface area contributed by atoms with Gasteiger partial charge in [0.2, 0.25) is 0 Å². The summed E-state index contributed by atoms with van der Waals surface area (Å²) >= 11 is 20.6. The van der Waals surface area contributed by atoms with Crippen LogP contribution in [-0.2, 0) is 0 Å². The summed E-state index contributed by atoms with van der Waals surface area (Å²) in [5.74, 6) is 0. The summed E-state index contributed by atoms with van der Waals surface area (Å²) in [6.45, 7) is 4.47. The molecule has 0 radical (unpaired) electrons. The number of halogens is 6. The summed E-state index contributed by atoms with van der Waals surface area (Å²) < 4.78 is 6.60. The molecular weight excluding hydrogens is 1050 g/mol. The molecule has 136 valence electrons. The van der Waals surface area contributed by atoms with E-state index in [0.717, 1.165) is 0 Å². The SMILES string of the molecule is CC(I)Sc1ccc(Sc2ccc(SC(C)I)c(I)c2I)c(I)c1I. The maximum Gasteiger partial charge on any atom is 0.0583 e. The Morgan fingerprint density at radius 1 is 0.600 bits per heavy atom. The Hall–Kier alpha value is 3.87. The minimum absolute atomic E-state index is 0.577. The first-order valence-corrected chi connectivity index (χ1v) is 16.3. The van der Waals surface area contributed by atoms with Gasteiger partial charge in [0.05, 0.1) is 6.51 Å². The van der Waals surface area contributed by atoms with Gasteiger partial charge in [0.15, 0.2) is 0 Å². The van der Waals surface area contributed by atoms with Crippen LogP contribution >= 0.6 is 171 Å². The largest absolute Gasteiger partial charge is 0.111 e. The highest BCUT2D eigenvalue weighted by molar-refractivity contribution is 14.1. The van der Waals surface area contributed by atoms with Crippen molar-refractivity contribution in [1.82, 2.24) is 0 Å². The van der Waals surface area contributed by atoms with Crippen molar-refractivity contribution in [3.05, 3.63) is 38.5 Å². The van der Waals surface area contributed by atoms with Crippen LogP contribution in [0.1, 0.15) is 13.8 Å². The predicted molar refractivity (Wildman–Crippen MR) is 167 cm³/mol. The van der Waals surface area contributed by atoms with E-state index in [1.165, 1.54) is 33.9 Å². The van der Waals surface area contributed by atoms with Gasteiger partial charge >= 0.3 is 0 Å². The third kappa shape index (κ3) is 7.50. The van der Waals surface area contributed by atoms with Crippen molar-refractivity contribution >= 4 is 171 Å². The molecule has 25 heavy (non-hydrogen) atoms. The van der Waals surface area contributed by atoms with Crippen molar-refractivity contribution in [3.63, 3.8) is 0 Å². The number of alkyl halides is 2. The van der Waals surface area contributed by atoms with Gasteiger partial charge in [-0.25, -0.2) is 0 Å². The predicted octanol–water partition coefficient (Wildman–Crippen LogP) is 10.0. The van der Waals surface area contributed by atoms with Crippen LogP contribution in [0.3, 0.4) is 0 Å². The van der Waals surface area contributed by atoms with E-state index in [2.05, 4.69) is 174 Å². The van der Waals surface area contributed by atoms with Crippen LogP contribution in [0.25, 0.3) is 0 Å². The molecule has 2 atom stereocenters. The van der Waals surface area contributed by atoms with Gasteiger partial charge in [-0.15, -0.1) is 23.5 Å². The summed E-state index contributed by atoms with van der Waals surface area (Å²) in [7, 11) is 0. The lowest BCUT2D eigenvalue weighted by Gasteiger charge is -2.14. The molecule has 0 aliphatic heterocycles. The zero-order valence-electron chi connectivity index (χ0n) is 13.0. The first-order chi connectivity index (χ1) is 11.7. The Balaban J connectivity index is 2.31. The fraction of sp³-hybridized carbons (Fsp3) is 0.250. The Kier molecular flexibility index (Phi) is 12.1. The minimum Gasteiger partial charge on any atom is -0.111 e. The molecule has 0 aromatic heterocycles. The topological polar surface area (TPSA) is 0 Å². The zero-order chi connectivity index (χ0) is 18.7. The number of hydrogen-bond acceptors (Lipinski definition) is 3. The Morgan fingerprint density at radius 2 is 0.880 bits per heavy atom. The van der Waals surface area contributed by atoms with E-state index in [1.807, 2.05) is 35.3 Å². The molecule has 0 amide bonds. The molecule has 0 saturated carbocycles. The molecule has 0 aliphatic carbocycles. The van der Waals surface area contributed by atoms with Crippen molar-refractivity contribution in [2.75, 3.05) is 0 Å². The summed E-state index contributed by atoms with van der Waals surface area (Å²) in [4.78, 5) is 5.44. The van der Waals surface area contributed by atoms with Gasteiger partial charge in [-0.2, -0.15) is 0 Å². The molecule has 2 aromatic rings. The third-order valence-electron chi connectivity index (χ3n) is 2.82. The van der Waals surface area contributed by atoms with Crippen molar-refractivity contribution in [2.24, 2.45) is 0 Å². The van der Waals surface area contributed by atoms with Gasteiger partial charge in [0.1, 0.15) is 0 Å². The normalized spacial score (nSPS) is 13.8.